The highest BCUT2D eigenvalue weighted by Crippen LogP contribution is 2.45. The number of phosphoric acid groups is 2. The fourth-order valence-electron chi connectivity index (χ4n) is 16.8. The quantitative estimate of drug-likeness (QED) is 0.00864. The number of Topliss-reactive ketones (excluding diaryl/α,β-unsaturated/α-hetero) is 4. The van der Waals surface area contributed by atoms with Gasteiger partial charge in [0.1, 0.15) is 169 Å². The van der Waals surface area contributed by atoms with Gasteiger partial charge in [0, 0.05) is 49.9 Å². The van der Waals surface area contributed by atoms with Crippen molar-refractivity contribution in [1.29, 1.82) is 0 Å². The third-order valence-electron chi connectivity index (χ3n) is 23.4. The second-order valence-corrected chi connectivity index (χ2v) is 36.4. The van der Waals surface area contributed by atoms with E-state index in [9.17, 15) is 109 Å². The molecule has 0 spiro atoms. The summed E-state index contributed by atoms with van der Waals surface area (Å²) in [5, 5.41) is 122. The maximum atomic E-state index is 12.2. The topological polar surface area (TPSA) is 737 Å². The molecule has 0 bridgehead atoms. The van der Waals surface area contributed by atoms with E-state index >= 15 is 0 Å². The first-order chi connectivity index (χ1) is 65.3. The van der Waals surface area contributed by atoms with Crippen LogP contribution in [0.25, 0.3) is 0 Å². The van der Waals surface area contributed by atoms with Crippen LogP contribution in [0.3, 0.4) is 0 Å². The Labute approximate surface area is 814 Å². The van der Waals surface area contributed by atoms with Gasteiger partial charge < -0.3 is 136 Å². The van der Waals surface area contributed by atoms with Gasteiger partial charge in [0.25, 0.3) is 0 Å². The number of carbonyl (C=O) groups is 4. The molecular formula is C80H104Br4N24O27P2. The number of aliphatic hydroxyl groups is 12. The molecule has 744 valence electrons. The molecule has 4 fully saturated rings. The lowest BCUT2D eigenvalue weighted by molar-refractivity contribution is -0.722. The number of imidazole rings is 4. The molecule has 8 aromatic heterocycles. The minimum absolute atomic E-state index is 0.0349. The standard InChI is InChI=1S/4C20H26BrN6O5.H4O7P2/c4*1-2-14(25-5-3-4-11(7-25)12(29)6-21)26-10-24-18(22)15-19(26)27(9-23-15)20-17(31)16(30)13(8-28)32-20;1-8(2,3)7-9(4,5)6/h4*3-5,7,9,13-14,16-17,20,28,30-31H,2,6,8,10H2,1H3,(H2,22,24);(H2,1,2,3)(H2,4,5,6)/q4*+1;/p-4/t4*13-,14?,16-,17-,20-;/m1111./s1. The lowest BCUT2D eigenvalue weighted by Crippen LogP contribution is -2.52. The third-order valence-corrected chi connectivity index (χ3v) is 27.0. The highest BCUT2D eigenvalue weighted by atomic mass is 79.9. The van der Waals surface area contributed by atoms with E-state index in [2.05, 4.69) is 108 Å². The van der Waals surface area contributed by atoms with Gasteiger partial charge in [0.15, 0.2) is 97.6 Å². The van der Waals surface area contributed by atoms with Crippen LogP contribution in [0.2, 0.25) is 0 Å². The van der Waals surface area contributed by atoms with E-state index in [0.29, 0.717) is 94.0 Å². The number of aromatic nitrogens is 12. The number of hydrogen-bond donors (Lipinski definition) is 16. The summed E-state index contributed by atoms with van der Waals surface area (Å²) in [6, 6.07) is 14.3. The number of ketones is 4. The molecule has 57 heteroatoms. The van der Waals surface area contributed by atoms with Crippen molar-refractivity contribution in [2.24, 2.45) is 42.9 Å². The Hall–Kier alpha value is -9.26. The molecule has 0 aliphatic carbocycles. The molecule has 8 aliphatic rings. The van der Waals surface area contributed by atoms with Crippen molar-refractivity contribution >= 4 is 149 Å². The number of aliphatic imine (C=N–C) groups is 4. The fraction of sp³-hybridized carbons (Fsp3) is 0.500. The van der Waals surface area contributed by atoms with Crippen LogP contribution in [0.4, 0.5) is 23.3 Å². The van der Waals surface area contributed by atoms with E-state index in [0.717, 1.165) is 0 Å². The van der Waals surface area contributed by atoms with Crippen LogP contribution in [0.15, 0.2) is 143 Å². The summed E-state index contributed by atoms with van der Waals surface area (Å²) < 4.78 is 58.2. The van der Waals surface area contributed by atoms with Gasteiger partial charge in [-0.1, -0.05) is 91.4 Å². The lowest BCUT2D eigenvalue weighted by Gasteiger charge is -2.39. The number of amidine groups is 4. The van der Waals surface area contributed by atoms with Gasteiger partial charge in [0.05, 0.1) is 111 Å². The number of alkyl halides is 4. The number of anilines is 4. The van der Waals surface area contributed by atoms with Crippen LogP contribution < -0.4 is 80.4 Å². The number of hydrogen-bond acceptors (Lipinski definition) is 43. The molecule has 16 heterocycles. The molecule has 8 aromatic rings. The van der Waals surface area contributed by atoms with Crippen molar-refractivity contribution < 1.29 is 151 Å². The SMILES string of the molecule is CCC(N1CN=C(N)c2ncn([C@@H]3O[C@H](CO)[C@@H](O)[C@H]3O)c21)[n+]1cccc(C(=O)CBr)c1.CCC(N1CN=C(N)c2ncn([C@@H]3O[C@H](CO)[C@@H](O)[C@H]3O)c21)[n+]1cccc(C(=O)CBr)c1.CCC(N1CN=C(N)c2ncn([C@@H]3O[C@H](CO)[C@@H](O)[C@H]3O)c21)[n+]1cccc(C(=O)CBr)c1.CCC(N1CN=C(N)c2ncn([C@@H]3O[C@H](CO)[C@@H](O)[C@H]3O)c21)[n+]1cccc(C(=O)CBr)c1.O=P([O-])([O-])OP(=O)([O-])[O-]. The van der Waals surface area contributed by atoms with Crippen LogP contribution in [0.5, 0.6) is 0 Å². The van der Waals surface area contributed by atoms with E-state index in [1.807, 2.05) is 115 Å². The second kappa shape index (κ2) is 46.4. The minimum Gasteiger partial charge on any atom is -0.790 e. The summed E-state index contributed by atoms with van der Waals surface area (Å²) in [7, 11) is -11.4. The molecule has 0 radical (unpaired) electrons. The number of aliphatic hydroxyl groups excluding tert-OH is 12. The smallest absolute Gasteiger partial charge is 0.236 e. The van der Waals surface area contributed by atoms with Crippen molar-refractivity contribution in [1.82, 2.24) is 38.2 Å². The van der Waals surface area contributed by atoms with Crippen LogP contribution in [0.1, 0.15) is 167 Å². The summed E-state index contributed by atoms with van der Waals surface area (Å²) in [5.41, 5.74) is 28.4. The van der Waals surface area contributed by atoms with Gasteiger partial charge in [-0.25, -0.2) is 39.9 Å². The average molecular weight is 2220 g/mol. The number of rotatable bonds is 30. The Morgan fingerprint density at radius 1 is 0.387 bits per heavy atom. The number of carbonyl (C=O) groups excluding carboxylic acids is 4. The number of fused-ring (bicyclic) bond motifs is 4. The number of halogens is 4. The molecule has 8 aliphatic heterocycles. The zero-order valence-electron chi connectivity index (χ0n) is 73.6. The Morgan fingerprint density at radius 2 is 0.584 bits per heavy atom. The van der Waals surface area contributed by atoms with Crippen molar-refractivity contribution in [3.63, 3.8) is 0 Å². The van der Waals surface area contributed by atoms with Gasteiger partial charge in [-0.15, -0.1) is 0 Å². The van der Waals surface area contributed by atoms with Gasteiger partial charge in [-0.3, -0.25) is 57.0 Å². The zero-order chi connectivity index (χ0) is 99.7. The summed E-state index contributed by atoms with van der Waals surface area (Å²) in [6.45, 7) is 7.20. The van der Waals surface area contributed by atoms with E-state index in [1.165, 1.54) is 25.3 Å². The second-order valence-electron chi connectivity index (χ2n) is 31.7. The van der Waals surface area contributed by atoms with Crippen molar-refractivity contribution in [2.45, 2.75) is 176 Å². The Bertz CT molecular complexity index is 5170. The van der Waals surface area contributed by atoms with Crippen molar-refractivity contribution in [3.05, 3.63) is 168 Å². The number of pyridine rings is 4. The Balaban J connectivity index is 0.000000159. The van der Waals surface area contributed by atoms with Gasteiger partial charge in [0.2, 0.25) is 24.7 Å². The molecule has 4 unspecified atom stereocenters. The molecular weight excluding hydrogens is 2110 g/mol. The molecule has 137 heavy (non-hydrogen) atoms. The molecule has 20 N–H and O–H groups in total. The molecule has 20 atom stereocenters. The maximum absolute atomic E-state index is 12.2. The molecule has 16 rings (SSSR count). The van der Waals surface area contributed by atoms with Gasteiger partial charge >= 0.3 is 0 Å². The first kappa shape index (κ1) is 107. The van der Waals surface area contributed by atoms with Crippen LogP contribution >= 0.6 is 79.4 Å². The molecule has 51 nitrogen and oxygen atoms in total. The molecule has 4 saturated heterocycles. The highest BCUT2D eigenvalue weighted by molar-refractivity contribution is 9.10. The van der Waals surface area contributed by atoms with E-state index in [1.54, 1.807) is 67.3 Å². The minimum atomic E-state index is -5.68. The lowest BCUT2D eigenvalue weighted by atomic mass is 10.1. The highest BCUT2D eigenvalue weighted by Gasteiger charge is 2.52. The number of nitrogens with zero attached hydrogens (tertiary/aromatic N) is 20. The summed E-state index contributed by atoms with van der Waals surface area (Å²) >= 11 is 12.8. The number of nitrogens with two attached hydrogens (primary N) is 4. The average Bonchev–Trinajstić information content (AvgIpc) is 1.64. The third kappa shape index (κ3) is 23.0. The zero-order valence-corrected chi connectivity index (χ0v) is 81.7. The van der Waals surface area contributed by atoms with E-state index in [4.69, 9.17) is 41.9 Å². The first-order valence-electron chi connectivity index (χ1n) is 42.5. The summed E-state index contributed by atoms with van der Waals surface area (Å²) in [4.78, 5) is 129. The normalized spacial score (nSPS) is 25.2. The summed E-state index contributed by atoms with van der Waals surface area (Å²) in [6.07, 6.45) is 4.63. The first-order valence-corrected chi connectivity index (χ1v) is 49.9. The van der Waals surface area contributed by atoms with Gasteiger partial charge in [-0.05, 0) is 24.3 Å². The number of ether oxygens (including phenoxy) is 4. The predicted molar refractivity (Wildman–Crippen MR) is 486 cm³/mol. The van der Waals surface area contributed by atoms with Crippen LogP contribution in [0, 0.1) is 0 Å². The fourth-order valence-corrected chi connectivity index (χ4v) is 19.0. The predicted octanol–water partition coefficient (Wildman–Crippen LogP) is -5.53. The monoisotopic (exact) mass is 2210 g/mol. The van der Waals surface area contributed by atoms with Crippen molar-refractivity contribution in [3.8, 4) is 0 Å². The maximum Gasteiger partial charge on any atom is 0.236 e. The molecule has 0 amide bonds. The van der Waals surface area contributed by atoms with E-state index in [-0.39, 0.29) is 119 Å². The molecule has 0 saturated carbocycles. The van der Waals surface area contributed by atoms with Gasteiger partial charge in [-0.2, -0.15) is 18.3 Å². The summed E-state index contributed by atoms with van der Waals surface area (Å²) in [5.74, 6) is 3.17. The Morgan fingerprint density at radius 3 is 0.737 bits per heavy atom. The molecule has 0 aromatic carbocycles. The van der Waals surface area contributed by atoms with E-state index < -0.39 is 140 Å². The van der Waals surface area contributed by atoms with Crippen molar-refractivity contribution in [2.75, 3.05) is 94.0 Å². The Kier molecular flexibility index (Phi) is 36.1. The largest absolute Gasteiger partial charge is 0.790 e. The van der Waals surface area contributed by atoms with Crippen LogP contribution in [-0.4, -0.2) is 294 Å². The van der Waals surface area contributed by atoms with Crippen LogP contribution in [-0.2, 0) is 32.4 Å².